The predicted octanol–water partition coefficient (Wildman–Crippen LogP) is 3.56. The van der Waals surface area contributed by atoms with Crippen molar-refractivity contribution in [1.82, 2.24) is 15.1 Å². The molecule has 0 spiro atoms. The van der Waals surface area contributed by atoms with Crippen LogP contribution in [0.5, 0.6) is 5.75 Å². The van der Waals surface area contributed by atoms with Gasteiger partial charge in [-0.1, -0.05) is 12.1 Å². The molecule has 0 radical (unpaired) electrons. The first-order valence-electron chi connectivity index (χ1n) is 15.4. The molecule has 3 aliphatic rings. The third-order valence-electron chi connectivity index (χ3n) is 6.45. The standard InChI is InChI=1S/C29H34FN3O5/c1-28(2)16-32(17-29(3,4)38-28)13-18-8-9-22(30)19(12-18)15-37-24-7-5-6-20-21(24)14-33(27(20)36)23-10-11-25(34)31-26(23)35/h5-9,12,23H,10-11,13-17H2,1-4H3,(H,31,34,35)/i13D2,14D2,15D2. The summed E-state index contributed by atoms with van der Waals surface area (Å²) < 4.78 is 79.7. The van der Waals surface area contributed by atoms with E-state index in [2.05, 4.69) is 5.32 Å². The number of carbonyl (C=O) groups excluding carboxylic acids is 3. The third kappa shape index (κ3) is 5.44. The normalized spacial score (nSPS) is 27.2. The molecule has 5 rings (SSSR count). The number of piperidine rings is 1. The molecule has 202 valence electrons. The van der Waals surface area contributed by atoms with Crippen molar-refractivity contribution in [2.45, 2.75) is 77.3 Å². The molecule has 0 bridgehead atoms. The first-order chi connectivity index (χ1) is 20.2. The fraction of sp³-hybridized carbons (Fsp3) is 0.483. The predicted molar refractivity (Wildman–Crippen MR) is 138 cm³/mol. The van der Waals surface area contributed by atoms with E-state index in [0.717, 1.165) is 12.1 Å². The number of hydrogen-bond acceptors (Lipinski definition) is 6. The number of ether oxygens (including phenoxy) is 2. The highest BCUT2D eigenvalue weighted by atomic mass is 19.1. The molecule has 2 fully saturated rings. The van der Waals surface area contributed by atoms with Gasteiger partial charge in [0.2, 0.25) is 11.8 Å². The van der Waals surface area contributed by atoms with Crippen LogP contribution < -0.4 is 10.1 Å². The highest BCUT2D eigenvalue weighted by Crippen LogP contribution is 2.34. The number of imide groups is 1. The fourth-order valence-electron chi connectivity index (χ4n) is 5.19. The van der Waals surface area contributed by atoms with Crippen LogP contribution >= 0.6 is 0 Å². The minimum atomic E-state index is -2.95. The Morgan fingerprint density at radius 1 is 1.16 bits per heavy atom. The van der Waals surface area contributed by atoms with E-state index in [1.807, 2.05) is 27.7 Å². The smallest absolute Gasteiger partial charge is 0.255 e. The van der Waals surface area contributed by atoms with Crippen molar-refractivity contribution >= 4 is 17.7 Å². The SMILES string of the molecule is [2H]C([2H])(Oc1cccc2c1C([2H])([2H])N(C1CCC(=O)NC1=O)C2=O)c1cc(C([2H])([2H])N2CC(C)(C)OC(C)(C)C2)ccc1F. The Kier molecular flexibility index (Phi) is 5.08. The number of nitrogens with zero attached hydrogens (tertiary/aromatic N) is 2. The number of morpholine rings is 1. The lowest BCUT2D eigenvalue weighted by Crippen LogP contribution is -2.56. The average molecular weight is 530 g/mol. The van der Waals surface area contributed by atoms with E-state index in [9.17, 15) is 14.4 Å². The first kappa shape index (κ1) is 19.7. The highest BCUT2D eigenvalue weighted by molar-refractivity contribution is 6.05. The number of nitrogens with one attached hydrogen (secondary N) is 1. The number of halogens is 1. The van der Waals surface area contributed by atoms with E-state index >= 15 is 4.39 Å². The maximum Gasteiger partial charge on any atom is 0.255 e. The van der Waals surface area contributed by atoms with Gasteiger partial charge in [-0.2, -0.15) is 0 Å². The summed E-state index contributed by atoms with van der Waals surface area (Å²) in [6.45, 7) is 0.0177. The van der Waals surface area contributed by atoms with Crippen molar-refractivity contribution in [3.63, 3.8) is 0 Å². The molecule has 3 aliphatic heterocycles. The maximum atomic E-state index is 15.2. The monoisotopic (exact) mass is 529 g/mol. The Hall–Kier alpha value is -3.30. The number of amides is 3. The molecule has 0 aromatic heterocycles. The molecule has 2 aromatic rings. The van der Waals surface area contributed by atoms with Crippen molar-refractivity contribution in [2.24, 2.45) is 0 Å². The number of fused-ring (bicyclic) bond motifs is 1. The lowest BCUT2D eigenvalue weighted by atomic mass is 9.98. The molecule has 3 amide bonds. The van der Waals surface area contributed by atoms with Crippen molar-refractivity contribution in [3.8, 4) is 5.75 Å². The van der Waals surface area contributed by atoms with Crippen LogP contribution in [-0.2, 0) is 33.9 Å². The van der Waals surface area contributed by atoms with Crippen LogP contribution in [0.25, 0.3) is 0 Å². The van der Waals surface area contributed by atoms with Crippen LogP contribution in [0, 0.1) is 5.82 Å². The second-order valence-electron chi connectivity index (χ2n) is 10.9. The number of carbonyl (C=O) groups is 3. The van der Waals surface area contributed by atoms with Crippen LogP contribution in [0.4, 0.5) is 4.39 Å². The fourth-order valence-corrected chi connectivity index (χ4v) is 5.19. The minimum Gasteiger partial charge on any atom is -0.488 e. The van der Waals surface area contributed by atoms with Crippen LogP contribution in [-0.4, -0.2) is 57.9 Å². The quantitative estimate of drug-likeness (QED) is 0.576. The molecule has 3 heterocycles. The molecule has 1 N–H and O–H groups in total. The Bertz CT molecular complexity index is 1530. The van der Waals surface area contributed by atoms with E-state index in [1.54, 1.807) is 4.90 Å². The maximum absolute atomic E-state index is 15.2. The Morgan fingerprint density at radius 2 is 1.89 bits per heavy atom. The topological polar surface area (TPSA) is 88.2 Å². The summed E-state index contributed by atoms with van der Waals surface area (Å²) in [5, 5.41) is 2.11. The summed E-state index contributed by atoms with van der Waals surface area (Å²) in [5.41, 5.74) is -2.56. The van der Waals surface area contributed by atoms with Gasteiger partial charge in [0.05, 0.1) is 23.2 Å². The first-order valence-corrected chi connectivity index (χ1v) is 12.4. The summed E-state index contributed by atoms with van der Waals surface area (Å²) in [6.07, 6.45) is -0.195. The zero-order valence-electron chi connectivity index (χ0n) is 27.7. The molecular formula is C29H34FN3O5. The van der Waals surface area contributed by atoms with Crippen LogP contribution in [0.15, 0.2) is 36.4 Å². The van der Waals surface area contributed by atoms with Gasteiger partial charge in [-0.25, -0.2) is 4.39 Å². The van der Waals surface area contributed by atoms with Crippen LogP contribution in [0.2, 0.25) is 0 Å². The molecule has 0 aliphatic carbocycles. The van der Waals surface area contributed by atoms with Gasteiger partial charge >= 0.3 is 0 Å². The van der Waals surface area contributed by atoms with E-state index in [4.69, 9.17) is 17.7 Å². The van der Waals surface area contributed by atoms with Crippen molar-refractivity contribution in [1.29, 1.82) is 0 Å². The number of rotatable bonds is 6. The average Bonchev–Trinajstić information content (AvgIpc) is 3.08. The summed E-state index contributed by atoms with van der Waals surface area (Å²) in [6, 6.07) is 5.82. The summed E-state index contributed by atoms with van der Waals surface area (Å²) in [5.74, 6) is -3.63. The van der Waals surface area contributed by atoms with E-state index in [1.165, 1.54) is 24.3 Å². The van der Waals surface area contributed by atoms with Gasteiger partial charge in [0.15, 0.2) is 0 Å². The van der Waals surface area contributed by atoms with E-state index in [-0.39, 0.29) is 42.6 Å². The summed E-state index contributed by atoms with van der Waals surface area (Å²) in [4.78, 5) is 39.8. The second kappa shape index (κ2) is 9.78. The molecule has 8 nitrogen and oxygen atoms in total. The van der Waals surface area contributed by atoms with Gasteiger partial charge < -0.3 is 14.4 Å². The largest absolute Gasteiger partial charge is 0.488 e. The molecule has 2 aromatic carbocycles. The molecule has 0 saturated carbocycles. The van der Waals surface area contributed by atoms with E-state index < -0.39 is 71.6 Å². The van der Waals surface area contributed by atoms with Gasteiger partial charge in [-0.15, -0.1) is 0 Å². The minimum absolute atomic E-state index is 0.0253. The molecule has 1 unspecified atom stereocenters. The van der Waals surface area contributed by atoms with Gasteiger partial charge in [0.1, 0.15) is 24.2 Å². The lowest BCUT2D eigenvalue weighted by Gasteiger charge is -2.47. The molecule has 2 saturated heterocycles. The number of benzene rings is 2. The zero-order valence-corrected chi connectivity index (χ0v) is 21.7. The summed E-state index contributed by atoms with van der Waals surface area (Å²) >= 11 is 0. The van der Waals surface area contributed by atoms with Gasteiger partial charge in [0, 0.05) is 45.4 Å². The third-order valence-corrected chi connectivity index (χ3v) is 6.45. The molecule has 1 atom stereocenters. The molecule has 9 heteroatoms. The van der Waals surface area contributed by atoms with Crippen molar-refractivity contribution in [3.05, 3.63) is 64.5 Å². The Morgan fingerprint density at radius 3 is 2.61 bits per heavy atom. The zero-order chi connectivity index (χ0) is 32.6. The molecular weight excluding hydrogens is 489 g/mol. The molecule has 38 heavy (non-hydrogen) atoms. The Labute approximate surface area is 230 Å². The Balaban J connectivity index is 1.49. The van der Waals surface area contributed by atoms with Crippen LogP contribution in [0.1, 0.15) is 75.8 Å². The van der Waals surface area contributed by atoms with Crippen molar-refractivity contribution < 1.29 is 36.5 Å². The number of hydrogen-bond donors (Lipinski definition) is 1. The van der Waals surface area contributed by atoms with Gasteiger partial charge in [0.25, 0.3) is 5.91 Å². The van der Waals surface area contributed by atoms with Gasteiger partial charge in [-0.05, 0) is 63.9 Å². The van der Waals surface area contributed by atoms with E-state index in [0.29, 0.717) is 4.90 Å². The second-order valence-corrected chi connectivity index (χ2v) is 10.9. The lowest BCUT2D eigenvalue weighted by molar-refractivity contribution is -0.182. The highest BCUT2D eigenvalue weighted by Gasteiger charge is 2.40. The van der Waals surface area contributed by atoms with Gasteiger partial charge in [-0.3, -0.25) is 24.6 Å². The van der Waals surface area contributed by atoms with Crippen molar-refractivity contribution in [2.75, 3.05) is 13.1 Å². The van der Waals surface area contributed by atoms with Crippen LogP contribution in [0.3, 0.4) is 0 Å². The summed E-state index contributed by atoms with van der Waals surface area (Å²) in [7, 11) is 0.